The van der Waals surface area contributed by atoms with Gasteiger partial charge in [0.25, 0.3) is 0 Å². The van der Waals surface area contributed by atoms with Crippen molar-refractivity contribution in [3.05, 3.63) is 23.8 Å². The van der Waals surface area contributed by atoms with Crippen LogP contribution in [0.25, 0.3) is 0 Å². The molecule has 1 aromatic rings. The van der Waals surface area contributed by atoms with Crippen LogP contribution in [0.1, 0.15) is 32.0 Å². The number of nitrogens with zero attached hydrogens (tertiary/aromatic N) is 3. The van der Waals surface area contributed by atoms with Crippen LogP contribution in [0.3, 0.4) is 0 Å². The minimum atomic E-state index is -0.258. The van der Waals surface area contributed by atoms with Crippen molar-refractivity contribution in [2.75, 3.05) is 0 Å². The molecule has 4 heteroatoms. The average Bonchev–Trinajstić information content (AvgIpc) is 2.65. The number of aryl methyl sites for hydroxylation is 1. The highest BCUT2D eigenvalue weighted by Crippen LogP contribution is 2.20. The fourth-order valence-corrected chi connectivity index (χ4v) is 2.02. The van der Waals surface area contributed by atoms with Gasteiger partial charge in [-0.05, 0) is 26.2 Å². The van der Waals surface area contributed by atoms with E-state index in [1.54, 1.807) is 6.33 Å². The zero-order valence-corrected chi connectivity index (χ0v) is 9.06. The van der Waals surface area contributed by atoms with Gasteiger partial charge in [0.05, 0.1) is 6.10 Å². The zero-order valence-electron chi connectivity index (χ0n) is 9.06. The van der Waals surface area contributed by atoms with Gasteiger partial charge in [-0.25, -0.2) is 4.98 Å². The molecule has 0 fully saturated rings. The largest absolute Gasteiger partial charge is 0.389 e. The summed E-state index contributed by atoms with van der Waals surface area (Å²) in [6.45, 7) is 2.91. The highest BCUT2D eigenvalue weighted by atomic mass is 16.3. The van der Waals surface area contributed by atoms with Crippen LogP contribution in [0.2, 0.25) is 0 Å². The molecule has 0 aliphatic heterocycles. The maximum Gasteiger partial charge on any atom is 0.138 e. The third-order valence-corrected chi connectivity index (χ3v) is 2.81. The Balaban J connectivity index is 2.08. The third kappa shape index (κ3) is 2.45. The number of allylic oxidation sites excluding steroid dienone is 1. The Morgan fingerprint density at radius 3 is 3.20 bits per heavy atom. The molecule has 0 amide bonds. The number of aliphatic hydroxyl groups is 1. The molecular formula is C11H17N3O. The summed E-state index contributed by atoms with van der Waals surface area (Å²) in [5.41, 5.74) is 1.29. The van der Waals surface area contributed by atoms with Crippen LogP contribution in [-0.2, 0) is 13.0 Å². The maximum absolute atomic E-state index is 9.52. The SMILES string of the molecule is CCn1ncnc1CC1=CC(O)CCC1. The molecule has 2 rings (SSSR count). The van der Waals surface area contributed by atoms with Gasteiger partial charge in [-0.1, -0.05) is 11.6 Å². The Bertz CT molecular complexity index is 356. The summed E-state index contributed by atoms with van der Waals surface area (Å²) in [7, 11) is 0. The second-order valence-electron chi connectivity index (χ2n) is 3.95. The minimum absolute atomic E-state index is 0.258. The van der Waals surface area contributed by atoms with Crippen molar-refractivity contribution in [1.29, 1.82) is 0 Å². The van der Waals surface area contributed by atoms with E-state index in [0.717, 1.165) is 38.1 Å². The molecular weight excluding hydrogens is 190 g/mol. The quantitative estimate of drug-likeness (QED) is 0.760. The molecule has 82 valence electrons. The monoisotopic (exact) mass is 207 g/mol. The number of aromatic nitrogens is 3. The van der Waals surface area contributed by atoms with E-state index in [1.165, 1.54) is 5.57 Å². The molecule has 15 heavy (non-hydrogen) atoms. The first-order valence-corrected chi connectivity index (χ1v) is 5.54. The number of hydrogen-bond acceptors (Lipinski definition) is 3. The average molecular weight is 207 g/mol. The molecule has 4 nitrogen and oxygen atoms in total. The first kappa shape index (κ1) is 10.4. The summed E-state index contributed by atoms with van der Waals surface area (Å²) in [6.07, 6.45) is 7.18. The van der Waals surface area contributed by atoms with Gasteiger partial charge in [-0.3, -0.25) is 4.68 Å². The second-order valence-corrected chi connectivity index (χ2v) is 3.95. The van der Waals surface area contributed by atoms with Crippen molar-refractivity contribution >= 4 is 0 Å². The van der Waals surface area contributed by atoms with Crippen LogP contribution in [0.4, 0.5) is 0 Å². The molecule has 0 saturated carbocycles. The molecule has 1 aromatic heterocycles. The van der Waals surface area contributed by atoms with E-state index in [9.17, 15) is 5.11 Å². The van der Waals surface area contributed by atoms with Gasteiger partial charge in [0.15, 0.2) is 0 Å². The summed E-state index contributed by atoms with van der Waals surface area (Å²) < 4.78 is 1.90. The Morgan fingerprint density at radius 2 is 2.47 bits per heavy atom. The van der Waals surface area contributed by atoms with Gasteiger partial charge < -0.3 is 5.11 Å². The number of aliphatic hydroxyl groups excluding tert-OH is 1. The second kappa shape index (κ2) is 4.57. The van der Waals surface area contributed by atoms with Crippen molar-refractivity contribution in [3.63, 3.8) is 0 Å². The van der Waals surface area contributed by atoms with Crippen molar-refractivity contribution in [1.82, 2.24) is 14.8 Å². The summed E-state index contributed by atoms with van der Waals surface area (Å²) in [6, 6.07) is 0. The molecule has 1 aliphatic carbocycles. The predicted molar refractivity (Wildman–Crippen MR) is 57.3 cm³/mol. The predicted octanol–water partition coefficient (Wildman–Crippen LogP) is 1.31. The van der Waals surface area contributed by atoms with Crippen molar-refractivity contribution in [2.24, 2.45) is 0 Å². The summed E-state index contributed by atoms with van der Waals surface area (Å²) in [5.74, 6) is 0.998. The Kier molecular flexibility index (Phi) is 3.16. The Labute approximate surface area is 89.6 Å². The zero-order chi connectivity index (χ0) is 10.7. The molecule has 1 unspecified atom stereocenters. The van der Waals surface area contributed by atoms with Crippen LogP contribution < -0.4 is 0 Å². The summed E-state index contributed by atoms with van der Waals surface area (Å²) in [5, 5.41) is 13.7. The van der Waals surface area contributed by atoms with E-state index >= 15 is 0 Å². The van der Waals surface area contributed by atoms with Crippen molar-refractivity contribution < 1.29 is 5.11 Å². The van der Waals surface area contributed by atoms with E-state index in [-0.39, 0.29) is 6.10 Å². The number of rotatable bonds is 3. The van der Waals surface area contributed by atoms with Gasteiger partial charge in [0.2, 0.25) is 0 Å². The van der Waals surface area contributed by atoms with Gasteiger partial charge in [-0.15, -0.1) is 0 Å². The van der Waals surface area contributed by atoms with E-state index in [1.807, 2.05) is 10.8 Å². The Hall–Kier alpha value is -1.16. The lowest BCUT2D eigenvalue weighted by atomic mass is 9.95. The normalized spacial score (nSPS) is 21.5. The van der Waals surface area contributed by atoms with E-state index < -0.39 is 0 Å². The fourth-order valence-electron chi connectivity index (χ4n) is 2.02. The molecule has 0 radical (unpaired) electrons. The molecule has 0 spiro atoms. The maximum atomic E-state index is 9.52. The van der Waals surface area contributed by atoms with Crippen molar-refractivity contribution in [2.45, 2.75) is 45.3 Å². The highest BCUT2D eigenvalue weighted by Gasteiger charge is 2.13. The number of hydrogen-bond donors (Lipinski definition) is 1. The van der Waals surface area contributed by atoms with E-state index in [4.69, 9.17) is 0 Å². The van der Waals surface area contributed by atoms with E-state index in [0.29, 0.717) is 0 Å². The van der Waals surface area contributed by atoms with Crippen LogP contribution in [0, 0.1) is 0 Å². The van der Waals surface area contributed by atoms with Gasteiger partial charge in [-0.2, -0.15) is 5.10 Å². The lowest BCUT2D eigenvalue weighted by molar-refractivity contribution is 0.201. The van der Waals surface area contributed by atoms with Gasteiger partial charge in [0.1, 0.15) is 12.2 Å². The first-order chi connectivity index (χ1) is 7.29. The topological polar surface area (TPSA) is 50.9 Å². The van der Waals surface area contributed by atoms with Gasteiger partial charge in [0, 0.05) is 13.0 Å². The lowest BCUT2D eigenvalue weighted by Gasteiger charge is -2.16. The molecule has 1 heterocycles. The molecule has 0 aromatic carbocycles. The molecule has 1 N–H and O–H groups in total. The first-order valence-electron chi connectivity index (χ1n) is 5.54. The summed E-state index contributed by atoms with van der Waals surface area (Å²) >= 11 is 0. The minimum Gasteiger partial charge on any atom is -0.389 e. The van der Waals surface area contributed by atoms with Crippen LogP contribution in [-0.4, -0.2) is 26.0 Å². The molecule has 0 bridgehead atoms. The lowest BCUT2D eigenvalue weighted by Crippen LogP contribution is -2.12. The standard InChI is InChI=1S/C11H17N3O/c1-2-14-11(12-8-13-14)7-9-4-3-5-10(15)6-9/h6,8,10,15H,2-5,7H2,1H3. The smallest absolute Gasteiger partial charge is 0.138 e. The van der Waals surface area contributed by atoms with Crippen LogP contribution >= 0.6 is 0 Å². The Morgan fingerprint density at radius 1 is 1.60 bits per heavy atom. The van der Waals surface area contributed by atoms with E-state index in [2.05, 4.69) is 17.0 Å². The van der Waals surface area contributed by atoms with Gasteiger partial charge >= 0.3 is 0 Å². The highest BCUT2D eigenvalue weighted by molar-refractivity contribution is 5.13. The van der Waals surface area contributed by atoms with Crippen LogP contribution in [0.15, 0.2) is 18.0 Å². The summed E-state index contributed by atoms with van der Waals surface area (Å²) in [4.78, 5) is 4.24. The molecule has 0 saturated heterocycles. The third-order valence-electron chi connectivity index (χ3n) is 2.81. The van der Waals surface area contributed by atoms with Crippen molar-refractivity contribution in [3.8, 4) is 0 Å². The van der Waals surface area contributed by atoms with Crippen LogP contribution in [0.5, 0.6) is 0 Å². The molecule has 1 atom stereocenters. The fraction of sp³-hybridized carbons (Fsp3) is 0.636. The molecule has 1 aliphatic rings.